The highest BCUT2D eigenvalue weighted by atomic mass is 16.5. The molecule has 1 aromatic heterocycles. The van der Waals surface area contributed by atoms with E-state index < -0.39 is 23.4 Å². The molecule has 2 N–H and O–H groups in total. The highest BCUT2D eigenvalue weighted by molar-refractivity contribution is 6.01. The minimum Gasteiger partial charge on any atom is -0.504 e. The summed E-state index contributed by atoms with van der Waals surface area (Å²) in [5.41, 5.74) is 1.62. The van der Waals surface area contributed by atoms with Crippen LogP contribution in [0.1, 0.15) is 32.4 Å². The van der Waals surface area contributed by atoms with Gasteiger partial charge in [-0.05, 0) is 74.9 Å². The molecule has 1 atom stereocenters. The molecule has 0 fully saturated rings. The van der Waals surface area contributed by atoms with Gasteiger partial charge >= 0.3 is 0 Å². The van der Waals surface area contributed by atoms with E-state index in [9.17, 15) is 14.7 Å². The zero-order chi connectivity index (χ0) is 27.4. The summed E-state index contributed by atoms with van der Waals surface area (Å²) >= 11 is 0. The number of carbonyl (C=O) groups is 2. The number of aromatic hydroxyl groups is 1. The average Bonchev–Trinajstić information content (AvgIpc) is 3.28. The number of hydrogen-bond donors (Lipinski definition) is 2. The fraction of sp³-hybridized carbons (Fsp3) is 0.286. The first-order chi connectivity index (χ1) is 18.1. The van der Waals surface area contributed by atoms with Crippen LogP contribution < -0.4 is 19.7 Å². The number of phenols is 1. The van der Waals surface area contributed by atoms with Crippen molar-refractivity contribution in [3.8, 4) is 17.2 Å². The van der Waals surface area contributed by atoms with Crippen LogP contribution in [-0.4, -0.2) is 51.7 Å². The minimum absolute atomic E-state index is 0.150. The highest BCUT2D eigenvalue weighted by Gasteiger charge is 2.35. The van der Waals surface area contributed by atoms with Crippen LogP contribution in [0.4, 0.5) is 5.69 Å². The van der Waals surface area contributed by atoms with Crippen LogP contribution in [0, 0.1) is 0 Å². The Morgan fingerprint density at radius 1 is 1.03 bits per heavy atom. The van der Waals surface area contributed by atoms with Crippen LogP contribution in [0.3, 0.4) is 0 Å². The predicted molar refractivity (Wildman–Crippen MR) is 143 cm³/mol. The number of aromatic nitrogens is 3. The quantitative estimate of drug-likeness (QED) is 0.364. The lowest BCUT2D eigenvalue weighted by molar-refractivity contribution is -0.128. The smallest absolute Gasteiger partial charge is 0.249 e. The molecule has 3 aromatic carbocycles. The average molecular weight is 518 g/mol. The summed E-state index contributed by atoms with van der Waals surface area (Å²) in [6.45, 7) is 5.39. The molecule has 2 amide bonds. The fourth-order valence-electron chi connectivity index (χ4n) is 4.15. The molecule has 1 heterocycles. The number of carbonyl (C=O) groups excluding carboxylic acids is 2. The normalized spacial score (nSPS) is 12.1. The second-order valence-electron chi connectivity index (χ2n) is 9.77. The lowest BCUT2D eigenvalue weighted by Crippen LogP contribution is -2.50. The maximum Gasteiger partial charge on any atom is 0.249 e. The van der Waals surface area contributed by atoms with Gasteiger partial charge < -0.3 is 19.9 Å². The number of para-hydroxylation sites is 1. The molecule has 0 aliphatic carbocycles. The molecule has 0 bridgehead atoms. The number of rotatable bonds is 8. The Hall–Kier alpha value is -4.60. The maximum atomic E-state index is 14.0. The predicted octanol–water partition coefficient (Wildman–Crippen LogP) is 3.84. The minimum atomic E-state index is -1.12. The van der Waals surface area contributed by atoms with Gasteiger partial charge in [-0.2, -0.15) is 0 Å². The van der Waals surface area contributed by atoms with Gasteiger partial charge in [0, 0.05) is 11.2 Å². The van der Waals surface area contributed by atoms with Crippen LogP contribution in [-0.2, 0) is 16.1 Å². The van der Waals surface area contributed by atoms with Gasteiger partial charge in [0.2, 0.25) is 11.8 Å². The number of hydrogen-bond acceptors (Lipinski definition) is 7. The van der Waals surface area contributed by atoms with Crippen molar-refractivity contribution < 1.29 is 24.2 Å². The first kappa shape index (κ1) is 26.5. The number of fused-ring (bicyclic) bond motifs is 1. The third-order valence-electron chi connectivity index (χ3n) is 5.85. The number of ether oxygens (including phenoxy) is 2. The molecular weight excluding hydrogens is 486 g/mol. The summed E-state index contributed by atoms with van der Waals surface area (Å²) < 4.78 is 12.0. The van der Waals surface area contributed by atoms with Gasteiger partial charge in [-0.3, -0.25) is 14.5 Å². The molecule has 0 radical (unpaired) electrons. The van der Waals surface area contributed by atoms with Crippen molar-refractivity contribution in [3.63, 3.8) is 0 Å². The summed E-state index contributed by atoms with van der Waals surface area (Å²) in [4.78, 5) is 29.2. The molecule has 0 unspecified atom stereocenters. The number of nitrogens with one attached hydrogen (secondary N) is 1. The van der Waals surface area contributed by atoms with Crippen molar-refractivity contribution in [3.05, 3.63) is 72.3 Å². The molecule has 38 heavy (non-hydrogen) atoms. The van der Waals surface area contributed by atoms with E-state index in [1.54, 1.807) is 43.5 Å². The molecule has 10 heteroatoms. The van der Waals surface area contributed by atoms with E-state index in [-0.39, 0.29) is 18.0 Å². The highest BCUT2D eigenvalue weighted by Crippen LogP contribution is 2.35. The van der Waals surface area contributed by atoms with E-state index in [2.05, 4.69) is 15.6 Å². The Labute approximate surface area is 220 Å². The van der Waals surface area contributed by atoms with Crippen LogP contribution >= 0.6 is 0 Å². The maximum absolute atomic E-state index is 14.0. The second-order valence-corrected chi connectivity index (χ2v) is 9.77. The number of nitrogens with zero attached hydrogens (tertiary/aromatic N) is 4. The van der Waals surface area contributed by atoms with Gasteiger partial charge in [0.05, 0.1) is 19.7 Å². The van der Waals surface area contributed by atoms with Crippen LogP contribution in [0.15, 0.2) is 66.7 Å². The first-order valence-corrected chi connectivity index (χ1v) is 12.0. The third-order valence-corrected chi connectivity index (χ3v) is 5.85. The van der Waals surface area contributed by atoms with Crippen molar-refractivity contribution in [1.29, 1.82) is 0 Å². The third kappa shape index (κ3) is 5.69. The van der Waals surface area contributed by atoms with Crippen LogP contribution in [0.25, 0.3) is 11.0 Å². The number of methoxy groups -OCH3 is 2. The van der Waals surface area contributed by atoms with Crippen LogP contribution in [0.5, 0.6) is 17.2 Å². The first-order valence-electron chi connectivity index (χ1n) is 12.0. The molecule has 4 rings (SSSR count). The standard InChI is InChI=1S/C28H31N5O5/c1-28(2,3)29-27(36)26(18-10-15-24(38-5)23(34)16-18)33(19-11-13-20(37-4)14-12-19)25(35)17-32-22-9-7-6-8-21(22)30-31-32/h6-16,26,34H,17H2,1-5H3,(H,29,36)/t26-/m1/s1. The van der Waals surface area contributed by atoms with Gasteiger partial charge in [-0.25, -0.2) is 4.68 Å². The molecule has 198 valence electrons. The monoisotopic (exact) mass is 517 g/mol. The van der Waals surface area contributed by atoms with Crippen LogP contribution in [0.2, 0.25) is 0 Å². The second kappa shape index (κ2) is 10.8. The molecule has 0 aliphatic heterocycles. The molecule has 4 aromatic rings. The van der Waals surface area contributed by atoms with E-state index in [0.29, 0.717) is 28.0 Å². The Balaban J connectivity index is 1.84. The lowest BCUT2D eigenvalue weighted by atomic mass is 10.00. The topological polar surface area (TPSA) is 119 Å². The van der Waals surface area contributed by atoms with Crippen molar-refractivity contribution >= 4 is 28.5 Å². The Bertz CT molecular complexity index is 1440. The summed E-state index contributed by atoms with van der Waals surface area (Å²) in [5, 5.41) is 21.8. The molecule has 10 nitrogen and oxygen atoms in total. The number of amides is 2. The number of benzene rings is 3. The summed E-state index contributed by atoms with van der Waals surface area (Å²) in [7, 11) is 2.99. The van der Waals surface area contributed by atoms with Gasteiger partial charge in [-0.15, -0.1) is 5.10 Å². The Morgan fingerprint density at radius 2 is 1.74 bits per heavy atom. The van der Waals surface area contributed by atoms with Gasteiger partial charge in [0.15, 0.2) is 11.5 Å². The van der Waals surface area contributed by atoms with Gasteiger partial charge in [0.25, 0.3) is 0 Å². The zero-order valence-corrected chi connectivity index (χ0v) is 22.0. The van der Waals surface area contributed by atoms with Crippen molar-refractivity contribution in [2.45, 2.75) is 38.9 Å². The van der Waals surface area contributed by atoms with Crippen molar-refractivity contribution in [2.24, 2.45) is 0 Å². The van der Waals surface area contributed by atoms with Gasteiger partial charge in [-0.1, -0.05) is 23.4 Å². The van der Waals surface area contributed by atoms with E-state index in [1.165, 1.54) is 22.8 Å². The SMILES string of the molecule is COc1ccc(N(C(=O)Cn2nnc3ccccc32)[C@@H](C(=O)NC(C)(C)C)c2ccc(OC)c(O)c2)cc1. The molecule has 0 saturated carbocycles. The number of anilines is 1. The van der Waals surface area contributed by atoms with E-state index in [0.717, 1.165) is 0 Å². The Morgan fingerprint density at radius 3 is 2.37 bits per heavy atom. The fourth-order valence-corrected chi connectivity index (χ4v) is 4.15. The molecule has 0 saturated heterocycles. The summed E-state index contributed by atoms with van der Waals surface area (Å²) in [5.74, 6) is -0.130. The van der Waals surface area contributed by atoms with E-state index in [1.807, 2.05) is 45.0 Å². The Kier molecular flexibility index (Phi) is 7.52. The molecule has 0 spiro atoms. The van der Waals surface area contributed by atoms with E-state index >= 15 is 0 Å². The number of phenolic OH excluding ortho intramolecular Hbond substituents is 1. The zero-order valence-electron chi connectivity index (χ0n) is 22.0. The lowest BCUT2D eigenvalue weighted by Gasteiger charge is -2.34. The van der Waals surface area contributed by atoms with Crippen molar-refractivity contribution in [2.75, 3.05) is 19.1 Å². The molecular formula is C28H31N5O5. The largest absolute Gasteiger partial charge is 0.504 e. The molecule has 0 aliphatic rings. The van der Waals surface area contributed by atoms with Gasteiger partial charge in [0.1, 0.15) is 23.9 Å². The summed E-state index contributed by atoms with van der Waals surface area (Å²) in [6.07, 6.45) is 0. The van der Waals surface area contributed by atoms with E-state index in [4.69, 9.17) is 9.47 Å². The summed E-state index contributed by atoms with van der Waals surface area (Å²) in [6, 6.07) is 17.7. The van der Waals surface area contributed by atoms with Crippen molar-refractivity contribution in [1.82, 2.24) is 20.3 Å².